The molecule has 2 nitrogen and oxygen atoms in total. The van der Waals surface area contributed by atoms with E-state index in [1.807, 2.05) is 13.8 Å². The van der Waals surface area contributed by atoms with E-state index in [0.29, 0.717) is 5.75 Å². The Labute approximate surface area is 121 Å². The minimum absolute atomic E-state index is 0.151. The summed E-state index contributed by atoms with van der Waals surface area (Å²) in [5, 5.41) is 9.67. The molecule has 1 N–H and O–H groups in total. The zero-order valence-electron chi connectivity index (χ0n) is 11.8. The molecule has 3 heteroatoms. The van der Waals surface area contributed by atoms with Gasteiger partial charge in [-0.15, -0.1) is 0 Å². The summed E-state index contributed by atoms with van der Waals surface area (Å²) in [4.78, 5) is 4.49. The molecule has 0 aliphatic carbocycles. The van der Waals surface area contributed by atoms with E-state index >= 15 is 0 Å². The summed E-state index contributed by atoms with van der Waals surface area (Å²) >= 11 is -0.151. The van der Waals surface area contributed by atoms with Crippen LogP contribution < -0.4 is 3.74 Å². The van der Waals surface area contributed by atoms with Gasteiger partial charge in [0.2, 0.25) is 0 Å². The van der Waals surface area contributed by atoms with Crippen LogP contribution in [0.15, 0.2) is 6.07 Å². The Hall–Kier alpha value is -0.260. The third-order valence-electron chi connectivity index (χ3n) is 3.08. The van der Waals surface area contributed by atoms with E-state index in [-0.39, 0.29) is 20.9 Å². The van der Waals surface area contributed by atoms with Gasteiger partial charge in [-0.2, -0.15) is 0 Å². The Balaban J connectivity index is 2.23. The van der Waals surface area contributed by atoms with Gasteiger partial charge in [-0.25, -0.2) is 0 Å². The first-order valence-corrected chi connectivity index (χ1v) is 9.76. The van der Waals surface area contributed by atoms with Crippen molar-refractivity contribution in [3.05, 3.63) is 17.3 Å². The summed E-state index contributed by atoms with van der Waals surface area (Å²) in [5.74, 6) is 0.366. The number of aromatic hydroxyl groups is 1. The Kier molecular flexibility index (Phi) is 7.70. The first-order valence-electron chi connectivity index (χ1n) is 6.95. The molecule has 0 bridgehead atoms. The molecule has 0 aromatic carbocycles. The topological polar surface area (TPSA) is 33.1 Å². The number of aromatic nitrogens is 1. The van der Waals surface area contributed by atoms with E-state index in [1.54, 1.807) is 0 Å². The van der Waals surface area contributed by atoms with Crippen molar-refractivity contribution in [3.8, 4) is 5.75 Å². The van der Waals surface area contributed by atoms with Crippen LogP contribution in [0.1, 0.15) is 56.7 Å². The second-order valence-electron chi connectivity index (χ2n) is 4.83. The molecule has 0 radical (unpaired) electrons. The van der Waals surface area contributed by atoms with Crippen molar-refractivity contribution in [1.82, 2.24) is 4.98 Å². The van der Waals surface area contributed by atoms with E-state index in [1.165, 1.54) is 46.7 Å². The monoisotopic (exact) mass is 365 g/mol. The average molecular weight is 363 g/mol. The van der Waals surface area contributed by atoms with Crippen LogP contribution in [0.2, 0.25) is 4.47 Å². The van der Waals surface area contributed by atoms with E-state index in [2.05, 4.69) is 18.0 Å². The van der Waals surface area contributed by atoms with Crippen LogP contribution in [-0.4, -0.2) is 31.0 Å². The van der Waals surface area contributed by atoms with Crippen molar-refractivity contribution in [2.24, 2.45) is 0 Å². The maximum atomic E-state index is 9.67. The SMILES string of the molecule is CCCCCCCC[Te]c1cc(C)c(O)c(C)n1. The van der Waals surface area contributed by atoms with Gasteiger partial charge >= 0.3 is 122 Å². The van der Waals surface area contributed by atoms with Gasteiger partial charge in [0.15, 0.2) is 0 Å². The average Bonchev–Trinajstić information content (AvgIpc) is 2.34. The molecule has 0 aliphatic heterocycles. The molecule has 0 atom stereocenters. The van der Waals surface area contributed by atoms with Crippen LogP contribution in [0.5, 0.6) is 5.75 Å². The predicted molar refractivity (Wildman–Crippen MR) is 78.9 cm³/mol. The number of pyridine rings is 1. The summed E-state index contributed by atoms with van der Waals surface area (Å²) in [6.45, 7) is 6.11. The Morgan fingerprint density at radius 2 is 1.78 bits per heavy atom. The molecular formula is C15H25NOTe. The summed E-state index contributed by atoms with van der Waals surface area (Å²) in [6.07, 6.45) is 8.22. The van der Waals surface area contributed by atoms with E-state index in [9.17, 15) is 5.11 Å². The van der Waals surface area contributed by atoms with Crippen LogP contribution in [0, 0.1) is 13.8 Å². The molecule has 18 heavy (non-hydrogen) atoms. The number of rotatable bonds is 8. The van der Waals surface area contributed by atoms with Gasteiger partial charge in [-0.3, -0.25) is 0 Å². The Bertz CT molecular complexity index is 343. The molecule has 1 aromatic heterocycles. The van der Waals surface area contributed by atoms with Crippen LogP contribution in [0.4, 0.5) is 0 Å². The van der Waals surface area contributed by atoms with Crippen LogP contribution in [-0.2, 0) is 0 Å². The molecule has 0 fully saturated rings. The molecule has 0 amide bonds. The second-order valence-corrected chi connectivity index (χ2v) is 8.01. The zero-order chi connectivity index (χ0) is 13.4. The summed E-state index contributed by atoms with van der Waals surface area (Å²) < 4.78 is 2.59. The van der Waals surface area contributed by atoms with E-state index in [0.717, 1.165) is 11.3 Å². The first kappa shape index (κ1) is 15.8. The van der Waals surface area contributed by atoms with Crippen molar-refractivity contribution in [1.29, 1.82) is 0 Å². The number of nitrogens with zero attached hydrogens (tertiary/aromatic N) is 1. The molecule has 0 saturated carbocycles. The maximum absolute atomic E-state index is 9.67. The van der Waals surface area contributed by atoms with Gasteiger partial charge in [-0.05, 0) is 0 Å². The van der Waals surface area contributed by atoms with Crippen molar-refractivity contribution in [2.45, 2.75) is 63.8 Å². The number of unbranched alkanes of at least 4 members (excludes halogenated alkanes) is 5. The van der Waals surface area contributed by atoms with Crippen molar-refractivity contribution >= 4 is 24.7 Å². The van der Waals surface area contributed by atoms with E-state index in [4.69, 9.17) is 0 Å². The molecule has 0 aliphatic rings. The minimum atomic E-state index is -0.151. The fourth-order valence-corrected chi connectivity index (χ4v) is 4.83. The van der Waals surface area contributed by atoms with Crippen LogP contribution in [0.3, 0.4) is 0 Å². The molecule has 1 heterocycles. The second kappa shape index (κ2) is 8.77. The molecule has 0 saturated heterocycles. The fraction of sp³-hybridized carbons (Fsp3) is 0.667. The Morgan fingerprint density at radius 3 is 2.44 bits per heavy atom. The van der Waals surface area contributed by atoms with Crippen molar-refractivity contribution < 1.29 is 5.11 Å². The summed E-state index contributed by atoms with van der Waals surface area (Å²) in [5.41, 5.74) is 1.77. The van der Waals surface area contributed by atoms with Gasteiger partial charge in [-0.1, -0.05) is 0 Å². The van der Waals surface area contributed by atoms with Crippen LogP contribution in [0.25, 0.3) is 0 Å². The summed E-state index contributed by atoms with van der Waals surface area (Å²) in [7, 11) is 0. The molecule has 1 rings (SSSR count). The fourth-order valence-electron chi connectivity index (χ4n) is 1.92. The zero-order valence-corrected chi connectivity index (χ0v) is 14.2. The van der Waals surface area contributed by atoms with Crippen molar-refractivity contribution in [2.75, 3.05) is 0 Å². The van der Waals surface area contributed by atoms with Gasteiger partial charge in [0.1, 0.15) is 0 Å². The molecule has 102 valence electrons. The van der Waals surface area contributed by atoms with Gasteiger partial charge in [0.05, 0.1) is 0 Å². The normalized spacial score (nSPS) is 10.8. The molecule has 0 unspecified atom stereocenters. The number of aryl methyl sites for hydroxylation is 2. The molecule has 1 aromatic rings. The van der Waals surface area contributed by atoms with Gasteiger partial charge < -0.3 is 0 Å². The van der Waals surface area contributed by atoms with E-state index < -0.39 is 0 Å². The number of hydrogen-bond donors (Lipinski definition) is 1. The first-order chi connectivity index (χ1) is 8.65. The quantitative estimate of drug-likeness (QED) is 0.567. The Morgan fingerprint density at radius 1 is 1.11 bits per heavy atom. The summed E-state index contributed by atoms with van der Waals surface area (Å²) in [6, 6.07) is 2.07. The predicted octanol–water partition coefficient (Wildman–Crippen LogP) is 3.51. The third-order valence-corrected chi connectivity index (χ3v) is 5.93. The third kappa shape index (κ3) is 5.59. The van der Waals surface area contributed by atoms with Crippen LogP contribution >= 0.6 is 0 Å². The van der Waals surface area contributed by atoms with Gasteiger partial charge in [0.25, 0.3) is 0 Å². The molecule has 0 spiro atoms. The van der Waals surface area contributed by atoms with Crippen molar-refractivity contribution in [3.63, 3.8) is 0 Å². The van der Waals surface area contributed by atoms with Gasteiger partial charge in [0, 0.05) is 0 Å². The number of hydrogen-bond acceptors (Lipinski definition) is 2. The molecular weight excluding hydrogens is 338 g/mol. The standard InChI is InChI=1S/C15H25NOTe/c1-4-5-6-7-8-9-10-18-14-11-12(2)15(17)13(3)16-14/h11,17H,4-10H2,1-3H3.